The quantitative estimate of drug-likeness (QED) is 0.710. The molecule has 2 bridgehead atoms. The number of halogens is 5. The van der Waals surface area contributed by atoms with E-state index in [0.717, 1.165) is 6.42 Å². The van der Waals surface area contributed by atoms with Crippen molar-refractivity contribution in [2.24, 2.45) is 0 Å². The van der Waals surface area contributed by atoms with Crippen LogP contribution in [0, 0.1) is 0 Å². The van der Waals surface area contributed by atoms with E-state index in [1.807, 2.05) is 4.90 Å². The first kappa shape index (κ1) is 20.2. The highest BCUT2D eigenvalue weighted by atomic mass is 19.4. The highest BCUT2D eigenvalue weighted by Crippen LogP contribution is 2.58. The SMILES string of the molecule is Nc1ncc(-c2cc(N3C[C@@H]4C[C@H]3CO4)nc(C3(C(F)(F)F)CC3)n2)cc1OC(F)F. The summed E-state index contributed by atoms with van der Waals surface area (Å²) in [6.07, 6.45) is -2.67. The molecule has 2 aliphatic heterocycles. The number of nitrogen functional groups attached to an aromatic ring is 1. The summed E-state index contributed by atoms with van der Waals surface area (Å²) < 4.78 is 76.7. The van der Waals surface area contributed by atoms with E-state index in [1.54, 1.807) is 0 Å². The summed E-state index contributed by atoms with van der Waals surface area (Å²) in [6.45, 7) is -2.14. The van der Waals surface area contributed by atoms with Crippen molar-refractivity contribution in [2.75, 3.05) is 23.8 Å². The van der Waals surface area contributed by atoms with Crippen LogP contribution in [-0.2, 0) is 10.2 Å². The zero-order valence-electron chi connectivity index (χ0n) is 16.1. The van der Waals surface area contributed by atoms with Crippen molar-refractivity contribution in [3.8, 4) is 17.0 Å². The summed E-state index contributed by atoms with van der Waals surface area (Å²) in [5.74, 6) is -0.620. The molecule has 0 spiro atoms. The first-order valence-electron chi connectivity index (χ1n) is 9.71. The highest BCUT2D eigenvalue weighted by Gasteiger charge is 2.66. The van der Waals surface area contributed by atoms with Crippen LogP contribution in [0.3, 0.4) is 0 Å². The number of ether oxygens (including phenoxy) is 2. The van der Waals surface area contributed by atoms with Crippen molar-refractivity contribution in [2.45, 2.75) is 49.6 Å². The molecule has 2 saturated heterocycles. The van der Waals surface area contributed by atoms with E-state index >= 15 is 0 Å². The summed E-state index contributed by atoms with van der Waals surface area (Å²) in [6, 6.07) is 2.75. The Kier molecular flexibility index (Phi) is 4.47. The van der Waals surface area contributed by atoms with Crippen LogP contribution >= 0.6 is 0 Å². The van der Waals surface area contributed by atoms with Gasteiger partial charge in [-0.2, -0.15) is 22.0 Å². The van der Waals surface area contributed by atoms with E-state index in [0.29, 0.717) is 19.0 Å². The molecule has 3 fully saturated rings. The first-order valence-corrected chi connectivity index (χ1v) is 9.71. The van der Waals surface area contributed by atoms with Crippen LogP contribution in [0.25, 0.3) is 11.3 Å². The second-order valence-electron chi connectivity index (χ2n) is 8.00. The molecule has 166 valence electrons. The number of morpholine rings is 1. The second-order valence-corrected chi connectivity index (χ2v) is 8.00. The van der Waals surface area contributed by atoms with Crippen LogP contribution in [-0.4, -0.2) is 53.0 Å². The third-order valence-electron chi connectivity index (χ3n) is 6.02. The van der Waals surface area contributed by atoms with Crippen molar-refractivity contribution < 1.29 is 31.4 Å². The van der Waals surface area contributed by atoms with E-state index < -0.39 is 18.2 Å². The van der Waals surface area contributed by atoms with Gasteiger partial charge in [-0.1, -0.05) is 0 Å². The minimum atomic E-state index is -4.50. The van der Waals surface area contributed by atoms with Crippen molar-refractivity contribution >= 4 is 11.6 Å². The molecule has 0 amide bonds. The van der Waals surface area contributed by atoms with Gasteiger partial charge in [-0.25, -0.2) is 15.0 Å². The van der Waals surface area contributed by atoms with Crippen LogP contribution < -0.4 is 15.4 Å². The molecule has 2 aromatic rings. The Labute approximate surface area is 173 Å². The normalized spacial score (nSPS) is 24.1. The van der Waals surface area contributed by atoms with Gasteiger partial charge in [0.1, 0.15) is 17.1 Å². The lowest BCUT2D eigenvalue weighted by Crippen LogP contribution is -2.38. The first-order chi connectivity index (χ1) is 14.7. The molecule has 2 atom stereocenters. The third kappa shape index (κ3) is 3.42. The molecular weight excluding hydrogens is 425 g/mol. The van der Waals surface area contributed by atoms with Crippen molar-refractivity contribution in [3.05, 3.63) is 24.2 Å². The van der Waals surface area contributed by atoms with Gasteiger partial charge in [0.15, 0.2) is 11.6 Å². The van der Waals surface area contributed by atoms with Crippen molar-refractivity contribution in [3.63, 3.8) is 0 Å². The molecule has 7 nitrogen and oxygen atoms in total. The predicted molar refractivity (Wildman–Crippen MR) is 98.8 cm³/mol. The lowest BCUT2D eigenvalue weighted by molar-refractivity contribution is -0.162. The van der Waals surface area contributed by atoms with Crippen molar-refractivity contribution in [1.29, 1.82) is 0 Å². The molecule has 1 saturated carbocycles. The molecular formula is C19H18F5N5O2. The zero-order valence-corrected chi connectivity index (χ0v) is 16.1. The van der Waals surface area contributed by atoms with Crippen LogP contribution in [0.15, 0.2) is 18.3 Å². The van der Waals surface area contributed by atoms with Gasteiger partial charge in [0.25, 0.3) is 0 Å². The van der Waals surface area contributed by atoms with E-state index in [2.05, 4.69) is 19.7 Å². The molecule has 4 heterocycles. The zero-order chi connectivity index (χ0) is 22.0. The van der Waals surface area contributed by atoms with E-state index in [9.17, 15) is 22.0 Å². The van der Waals surface area contributed by atoms with Gasteiger partial charge in [-0.3, -0.25) is 0 Å². The topological polar surface area (TPSA) is 86.4 Å². The molecule has 1 aliphatic carbocycles. The summed E-state index contributed by atoms with van der Waals surface area (Å²) in [5, 5.41) is 0. The number of hydrogen-bond acceptors (Lipinski definition) is 7. The Morgan fingerprint density at radius 1 is 1.23 bits per heavy atom. The Morgan fingerprint density at radius 2 is 2.00 bits per heavy atom. The molecule has 2 N–H and O–H groups in total. The molecule has 5 rings (SSSR count). The summed E-state index contributed by atoms with van der Waals surface area (Å²) in [5.41, 5.74) is 3.81. The maximum Gasteiger partial charge on any atom is 0.401 e. The highest BCUT2D eigenvalue weighted by molar-refractivity contribution is 5.67. The smallest absolute Gasteiger partial charge is 0.401 e. The predicted octanol–water partition coefficient (Wildman–Crippen LogP) is 3.29. The van der Waals surface area contributed by atoms with E-state index in [4.69, 9.17) is 10.5 Å². The number of nitrogens with two attached hydrogens (primary N) is 1. The molecule has 0 aromatic carbocycles. The average molecular weight is 443 g/mol. The molecule has 31 heavy (non-hydrogen) atoms. The fourth-order valence-electron chi connectivity index (χ4n) is 4.17. The number of pyridine rings is 1. The molecule has 2 aromatic heterocycles. The number of alkyl halides is 5. The standard InChI is InChI=1S/C19H18F5N5O2/c20-17(21)31-13-3-9(6-26-15(13)25)12-5-14(29-7-11-4-10(29)8-30-11)28-16(27-12)18(1-2-18)19(22,23)24/h3,5-6,10-11,17H,1-2,4,7-8H2,(H2,25,26)/t10-,11-/m0/s1. The second kappa shape index (κ2) is 6.87. The van der Waals surface area contributed by atoms with Crippen LogP contribution in [0.1, 0.15) is 25.1 Å². The van der Waals surface area contributed by atoms with Gasteiger partial charge in [0, 0.05) is 24.4 Å². The average Bonchev–Trinajstić information content (AvgIpc) is 3.28. The number of hydrogen-bond donors (Lipinski definition) is 1. The minimum Gasteiger partial charge on any atom is -0.431 e. The molecule has 12 heteroatoms. The Hall–Kier alpha value is -2.76. The Morgan fingerprint density at radius 3 is 2.58 bits per heavy atom. The van der Waals surface area contributed by atoms with Gasteiger partial charge in [-0.05, 0) is 25.3 Å². The number of rotatable bonds is 5. The number of nitrogens with zero attached hydrogens (tertiary/aromatic N) is 4. The maximum absolute atomic E-state index is 13.8. The Bertz CT molecular complexity index is 1010. The summed E-state index contributed by atoms with van der Waals surface area (Å²) in [7, 11) is 0. The van der Waals surface area contributed by atoms with Crippen LogP contribution in [0.2, 0.25) is 0 Å². The van der Waals surface area contributed by atoms with Crippen LogP contribution in [0.5, 0.6) is 5.75 Å². The Balaban J connectivity index is 1.60. The summed E-state index contributed by atoms with van der Waals surface area (Å²) in [4.78, 5) is 14.2. The number of aromatic nitrogens is 3. The third-order valence-corrected chi connectivity index (χ3v) is 6.02. The summed E-state index contributed by atoms with van der Waals surface area (Å²) >= 11 is 0. The lowest BCUT2D eigenvalue weighted by atomic mass is 10.0. The van der Waals surface area contributed by atoms with E-state index in [1.165, 1.54) is 18.3 Å². The van der Waals surface area contributed by atoms with Gasteiger partial charge in [-0.15, -0.1) is 0 Å². The van der Waals surface area contributed by atoms with Gasteiger partial charge in [0.05, 0.1) is 24.4 Å². The van der Waals surface area contributed by atoms with E-state index in [-0.39, 0.29) is 53.6 Å². The van der Waals surface area contributed by atoms with Crippen LogP contribution in [0.4, 0.5) is 33.6 Å². The van der Waals surface area contributed by atoms with Gasteiger partial charge < -0.3 is 20.1 Å². The fourth-order valence-corrected chi connectivity index (χ4v) is 4.17. The minimum absolute atomic E-state index is 0.00796. The molecule has 0 unspecified atom stereocenters. The number of anilines is 2. The fraction of sp³-hybridized carbons (Fsp3) is 0.526. The molecule has 3 aliphatic rings. The number of fused-ring (bicyclic) bond motifs is 2. The maximum atomic E-state index is 13.8. The lowest BCUT2D eigenvalue weighted by Gasteiger charge is -2.29. The van der Waals surface area contributed by atoms with Gasteiger partial charge in [0.2, 0.25) is 0 Å². The largest absolute Gasteiger partial charge is 0.431 e. The molecule has 0 radical (unpaired) electrons. The van der Waals surface area contributed by atoms with Gasteiger partial charge >= 0.3 is 12.8 Å². The monoisotopic (exact) mass is 443 g/mol. The van der Waals surface area contributed by atoms with Crippen molar-refractivity contribution in [1.82, 2.24) is 15.0 Å².